The third kappa shape index (κ3) is 3.28. The molecule has 0 radical (unpaired) electrons. The Morgan fingerprint density at radius 1 is 1.26 bits per heavy atom. The van der Waals surface area contributed by atoms with Crippen molar-refractivity contribution in [2.45, 2.75) is 39.7 Å². The fraction of sp³-hybridized carbons (Fsp3) is 0.625. The number of nitrogens with one attached hydrogen (secondary N) is 1. The fourth-order valence-electron chi connectivity index (χ4n) is 2.86. The van der Waals surface area contributed by atoms with E-state index in [9.17, 15) is 5.11 Å². The molecule has 1 aliphatic heterocycles. The van der Waals surface area contributed by atoms with Crippen molar-refractivity contribution in [1.29, 1.82) is 0 Å². The van der Waals surface area contributed by atoms with Crippen LogP contribution < -0.4 is 10.1 Å². The molecule has 0 aliphatic carbocycles. The molecule has 3 heteroatoms. The van der Waals surface area contributed by atoms with E-state index in [1.54, 1.807) is 0 Å². The Kier molecular flexibility index (Phi) is 4.83. The number of rotatable bonds is 4. The summed E-state index contributed by atoms with van der Waals surface area (Å²) < 4.78 is 5.61. The maximum Gasteiger partial charge on any atom is 0.122 e. The first-order chi connectivity index (χ1) is 9.13. The van der Waals surface area contributed by atoms with Gasteiger partial charge in [0.1, 0.15) is 5.75 Å². The predicted molar refractivity (Wildman–Crippen MR) is 77.6 cm³/mol. The first-order valence-electron chi connectivity index (χ1n) is 7.26. The Balaban J connectivity index is 2.21. The second-order valence-electron chi connectivity index (χ2n) is 5.44. The van der Waals surface area contributed by atoms with Gasteiger partial charge in [0.15, 0.2) is 0 Å². The molecule has 2 N–H and O–H groups in total. The zero-order valence-corrected chi connectivity index (χ0v) is 12.2. The highest BCUT2D eigenvalue weighted by Crippen LogP contribution is 2.33. The zero-order chi connectivity index (χ0) is 13.8. The van der Waals surface area contributed by atoms with Crippen LogP contribution in [0, 0.1) is 19.8 Å². The smallest absolute Gasteiger partial charge is 0.122 e. The molecule has 106 valence electrons. The summed E-state index contributed by atoms with van der Waals surface area (Å²) in [7, 11) is 0. The molecule has 1 fully saturated rings. The van der Waals surface area contributed by atoms with Crippen molar-refractivity contribution < 1.29 is 9.84 Å². The van der Waals surface area contributed by atoms with E-state index in [4.69, 9.17) is 4.74 Å². The van der Waals surface area contributed by atoms with Crippen LogP contribution >= 0.6 is 0 Å². The molecule has 1 saturated heterocycles. The molecule has 1 aliphatic rings. The van der Waals surface area contributed by atoms with Gasteiger partial charge in [0, 0.05) is 0 Å². The third-order valence-corrected chi connectivity index (χ3v) is 4.01. The highest BCUT2D eigenvalue weighted by molar-refractivity contribution is 5.42. The normalized spacial score (nSPS) is 18.3. The lowest BCUT2D eigenvalue weighted by Gasteiger charge is -2.28. The number of hydrogen-bond donors (Lipinski definition) is 2. The Labute approximate surface area is 116 Å². The highest BCUT2D eigenvalue weighted by Gasteiger charge is 2.24. The molecule has 1 unspecified atom stereocenters. The van der Waals surface area contributed by atoms with Crippen LogP contribution in [0.3, 0.4) is 0 Å². The van der Waals surface area contributed by atoms with Crippen molar-refractivity contribution >= 4 is 0 Å². The second kappa shape index (κ2) is 6.40. The van der Waals surface area contributed by atoms with Gasteiger partial charge in [0.05, 0.1) is 12.7 Å². The number of aryl methyl sites for hydroxylation is 2. The third-order valence-electron chi connectivity index (χ3n) is 4.01. The van der Waals surface area contributed by atoms with Crippen molar-refractivity contribution in [2.24, 2.45) is 5.92 Å². The molecule has 2 rings (SSSR count). The minimum absolute atomic E-state index is 0.350. The molecule has 0 saturated carbocycles. The van der Waals surface area contributed by atoms with E-state index in [1.807, 2.05) is 13.8 Å². The van der Waals surface area contributed by atoms with Crippen molar-refractivity contribution in [1.82, 2.24) is 5.32 Å². The lowest BCUT2D eigenvalue weighted by Crippen LogP contribution is -2.31. The van der Waals surface area contributed by atoms with Gasteiger partial charge in [-0.05, 0) is 81.4 Å². The summed E-state index contributed by atoms with van der Waals surface area (Å²) in [6.07, 6.45) is 1.75. The van der Waals surface area contributed by atoms with E-state index in [2.05, 4.69) is 24.4 Å². The van der Waals surface area contributed by atoms with E-state index in [1.165, 1.54) is 0 Å². The SMILES string of the molecule is CCOc1cc(C)c(C(O)C2CCNCC2)cc1C. The number of piperidine rings is 1. The van der Waals surface area contributed by atoms with Crippen molar-refractivity contribution in [3.05, 3.63) is 28.8 Å². The van der Waals surface area contributed by atoms with Gasteiger partial charge in [-0.15, -0.1) is 0 Å². The molecule has 1 aromatic carbocycles. The van der Waals surface area contributed by atoms with Crippen LogP contribution in [0.1, 0.15) is 42.6 Å². The first kappa shape index (κ1) is 14.4. The quantitative estimate of drug-likeness (QED) is 0.877. The standard InChI is InChI=1S/C16H25NO2/c1-4-19-15-10-11(2)14(9-12(15)3)16(18)13-5-7-17-8-6-13/h9-10,13,16-18H,4-8H2,1-3H3. The van der Waals surface area contributed by atoms with E-state index in [0.717, 1.165) is 48.4 Å². The van der Waals surface area contributed by atoms with Crippen LogP contribution in [0.4, 0.5) is 0 Å². The van der Waals surface area contributed by atoms with Crippen LogP contribution in [0.2, 0.25) is 0 Å². The summed E-state index contributed by atoms with van der Waals surface area (Å²) >= 11 is 0. The molecule has 0 amide bonds. The number of benzene rings is 1. The Morgan fingerprint density at radius 2 is 1.95 bits per heavy atom. The van der Waals surface area contributed by atoms with E-state index >= 15 is 0 Å². The van der Waals surface area contributed by atoms with Crippen LogP contribution in [-0.2, 0) is 0 Å². The minimum Gasteiger partial charge on any atom is -0.494 e. The number of aliphatic hydroxyl groups excluding tert-OH is 1. The van der Waals surface area contributed by atoms with Crippen molar-refractivity contribution in [3.8, 4) is 5.75 Å². The van der Waals surface area contributed by atoms with Gasteiger partial charge in [-0.3, -0.25) is 0 Å². The Hall–Kier alpha value is -1.06. The number of ether oxygens (including phenoxy) is 1. The topological polar surface area (TPSA) is 41.5 Å². The van der Waals surface area contributed by atoms with Gasteiger partial charge < -0.3 is 15.2 Å². The van der Waals surface area contributed by atoms with E-state index < -0.39 is 0 Å². The van der Waals surface area contributed by atoms with Crippen molar-refractivity contribution in [3.63, 3.8) is 0 Å². The average Bonchev–Trinajstić information content (AvgIpc) is 2.43. The fourth-order valence-corrected chi connectivity index (χ4v) is 2.86. The lowest BCUT2D eigenvalue weighted by molar-refractivity contribution is 0.0883. The van der Waals surface area contributed by atoms with Crippen molar-refractivity contribution in [2.75, 3.05) is 19.7 Å². The summed E-state index contributed by atoms with van der Waals surface area (Å²) in [5, 5.41) is 13.9. The summed E-state index contributed by atoms with van der Waals surface area (Å²) in [5.74, 6) is 1.30. The van der Waals surface area contributed by atoms with Gasteiger partial charge >= 0.3 is 0 Å². The van der Waals surface area contributed by atoms with Gasteiger partial charge in [0.25, 0.3) is 0 Å². The lowest BCUT2D eigenvalue weighted by atomic mass is 9.86. The highest BCUT2D eigenvalue weighted by atomic mass is 16.5. The van der Waals surface area contributed by atoms with Crippen LogP contribution in [0.5, 0.6) is 5.75 Å². The molecule has 0 aromatic heterocycles. The van der Waals surface area contributed by atoms with E-state index in [0.29, 0.717) is 12.5 Å². The predicted octanol–water partition coefficient (Wildman–Crippen LogP) is 2.74. The van der Waals surface area contributed by atoms with E-state index in [-0.39, 0.29) is 6.10 Å². The molecule has 0 spiro atoms. The molecule has 0 bridgehead atoms. The van der Waals surface area contributed by atoms with Crippen LogP contribution in [0.15, 0.2) is 12.1 Å². The Bertz CT molecular complexity index is 425. The van der Waals surface area contributed by atoms with Gasteiger partial charge in [-0.25, -0.2) is 0 Å². The summed E-state index contributed by atoms with van der Waals surface area (Å²) in [6, 6.07) is 4.14. The molecule has 1 atom stereocenters. The molecular formula is C16H25NO2. The molecule has 19 heavy (non-hydrogen) atoms. The largest absolute Gasteiger partial charge is 0.494 e. The summed E-state index contributed by atoms with van der Waals surface area (Å²) in [5.41, 5.74) is 3.29. The number of aliphatic hydroxyl groups is 1. The summed E-state index contributed by atoms with van der Waals surface area (Å²) in [4.78, 5) is 0. The molecule has 1 aromatic rings. The summed E-state index contributed by atoms with van der Waals surface area (Å²) in [6.45, 7) is 8.79. The minimum atomic E-state index is -0.350. The van der Waals surface area contributed by atoms with Crippen LogP contribution in [-0.4, -0.2) is 24.8 Å². The van der Waals surface area contributed by atoms with Gasteiger partial charge in [-0.1, -0.05) is 0 Å². The first-order valence-corrected chi connectivity index (χ1v) is 7.26. The molecular weight excluding hydrogens is 238 g/mol. The van der Waals surface area contributed by atoms with Gasteiger partial charge in [-0.2, -0.15) is 0 Å². The molecule has 1 heterocycles. The van der Waals surface area contributed by atoms with Gasteiger partial charge in [0.2, 0.25) is 0 Å². The zero-order valence-electron chi connectivity index (χ0n) is 12.2. The maximum atomic E-state index is 10.6. The Morgan fingerprint density at radius 3 is 2.58 bits per heavy atom. The number of hydrogen-bond acceptors (Lipinski definition) is 3. The molecule has 3 nitrogen and oxygen atoms in total. The monoisotopic (exact) mass is 263 g/mol. The maximum absolute atomic E-state index is 10.6. The average molecular weight is 263 g/mol. The van der Waals surface area contributed by atoms with Crippen LogP contribution in [0.25, 0.3) is 0 Å². The second-order valence-corrected chi connectivity index (χ2v) is 5.44.